The predicted molar refractivity (Wildman–Crippen MR) is 157 cm³/mol. The van der Waals surface area contributed by atoms with Gasteiger partial charge in [0.1, 0.15) is 5.60 Å². The Morgan fingerprint density at radius 3 is 2.27 bits per heavy atom. The molecule has 1 atom stereocenters. The van der Waals surface area contributed by atoms with E-state index in [1.54, 1.807) is 33.2 Å². The van der Waals surface area contributed by atoms with Crippen LogP contribution in [0.3, 0.4) is 0 Å². The molecule has 0 saturated heterocycles. The van der Waals surface area contributed by atoms with E-state index >= 15 is 0 Å². The van der Waals surface area contributed by atoms with Gasteiger partial charge in [-0.3, -0.25) is 9.78 Å². The Bertz CT molecular complexity index is 1220. The van der Waals surface area contributed by atoms with Crippen LogP contribution < -0.4 is 5.32 Å². The standard InChI is InChI=1S/C31H41N3O7/c1-31(2,3)41-30(37)34(13-15-38-17-19-40-20-18-39-16-14-35)23-28(24-7-5-4-6-8-24)29(36)33-27-10-9-26-22-32-12-11-25(26)21-27/h4-12,21-22,28,35H,13-20,23H2,1-3H3,(H,33,36)/t28-/m1/s1. The number of benzene rings is 2. The van der Waals surface area contributed by atoms with Gasteiger partial charge >= 0.3 is 6.09 Å². The first-order valence-electron chi connectivity index (χ1n) is 13.8. The molecule has 1 heterocycles. The van der Waals surface area contributed by atoms with Crippen molar-refractivity contribution >= 4 is 28.5 Å². The maximum absolute atomic E-state index is 13.7. The second kappa shape index (κ2) is 16.6. The molecule has 41 heavy (non-hydrogen) atoms. The fourth-order valence-electron chi connectivity index (χ4n) is 4.00. The Morgan fingerprint density at radius 2 is 1.59 bits per heavy atom. The van der Waals surface area contributed by atoms with Crippen LogP contribution in [0.15, 0.2) is 67.0 Å². The average Bonchev–Trinajstić information content (AvgIpc) is 2.95. The van der Waals surface area contributed by atoms with E-state index < -0.39 is 17.6 Å². The van der Waals surface area contributed by atoms with Crippen LogP contribution in [0.2, 0.25) is 0 Å². The van der Waals surface area contributed by atoms with E-state index in [0.29, 0.717) is 32.1 Å². The Morgan fingerprint density at radius 1 is 0.902 bits per heavy atom. The quantitative estimate of drug-likeness (QED) is 0.247. The van der Waals surface area contributed by atoms with Crippen LogP contribution in [0, 0.1) is 0 Å². The summed E-state index contributed by atoms with van der Waals surface area (Å²) in [4.78, 5) is 32.5. The number of carbonyl (C=O) groups is 2. The van der Waals surface area contributed by atoms with Crippen LogP contribution in [-0.4, -0.2) is 91.9 Å². The van der Waals surface area contributed by atoms with Crippen molar-refractivity contribution in [2.75, 3.05) is 64.7 Å². The zero-order valence-electron chi connectivity index (χ0n) is 24.1. The molecule has 10 nitrogen and oxygen atoms in total. The lowest BCUT2D eigenvalue weighted by molar-refractivity contribution is -0.118. The summed E-state index contributed by atoms with van der Waals surface area (Å²) < 4.78 is 22.0. The molecule has 0 radical (unpaired) electrons. The van der Waals surface area contributed by atoms with E-state index in [1.165, 1.54) is 4.90 Å². The Kier molecular flexibility index (Phi) is 13.0. The number of nitrogens with one attached hydrogen (secondary N) is 1. The summed E-state index contributed by atoms with van der Waals surface area (Å²) >= 11 is 0. The molecule has 0 aliphatic carbocycles. The van der Waals surface area contributed by atoms with Gasteiger partial charge in [-0.25, -0.2) is 4.79 Å². The van der Waals surface area contributed by atoms with Crippen molar-refractivity contribution in [2.45, 2.75) is 32.3 Å². The summed E-state index contributed by atoms with van der Waals surface area (Å²) in [5.41, 5.74) is 0.733. The van der Waals surface area contributed by atoms with Crippen molar-refractivity contribution < 1.29 is 33.6 Å². The van der Waals surface area contributed by atoms with Crippen LogP contribution in [0.25, 0.3) is 10.8 Å². The molecular formula is C31H41N3O7. The zero-order chi connectivity index (χ0) is 29.5. The molecule has 0 bridgehead atoms. The normalized spacial score (nSPS) is 12.2. The molecule has 0 unspecified atom stereocenters. The minimum Gasteiger partial charge on any atom is -0.444 e. The summed E-state index contributed by atoms with van der Waals surface area (Å²) in [5.74, 6) is -0.894. The van der Waals surface area contributed by atoms with Crippen molar-refractivity contribution in [2.24, 2.45) is 0 Å². The highest BCUT2D eigenvalue weighted by Gasteiger charge is 2.29. The third-order valence-electron chi connectivity index (χ3n) is 5.97. The topological polar surface area (TPSA) is 119 Å². The second-order valence-corrected chi connectivity index (χ2v) is 10.4. The summed E-state index contributed by atoms with van der Waals surface area (Å²) in [6, 6.07) is 16.9. The molecule has 2 aromatic carbocycles. The monoisotopic (exact) mass is 567 g/mol. The maximum atomic E-state index is 13.7. The van der Waals surface area contributed by atoms with Crippen molar-refractivity contribution in [3.63, 3.8) is 0 Å². The number of aliphatic hydroxyl groups is 1. The van der Waals surface area contributed by atoms with Crippen molar-refractivity contribution in [3.8, 4) is 0 Å². The van der Waals surface area contributed by atoms with E-state index in [0.717, 1.165) is 16.3 Å². The van der Waals surface area contributed by atoms with Crippen LogP contribution in [-0.2, 0) is 23.7 Å². The van der Waals surface area contributed by atoms with Crippen LogP contribution in [0.5, 0.6) is 0 Å². The molecule has 0 aliphatic heterocycles. The first-order valence-corrected chi connectivity index (χ1v) is 13.8. The van der Waals surface area contributed by atoms with Gasteiger partial charge in [0.15, 0.2) is 0 Å². The van der Waals surface area contributed by atoms with Gasteiger partial charge in [0, 0.05) is 36.6 Å². The Balaban J connectivity index is 1.67. The third kappa shape index (κ3) is 11.4. The van der Waals surface area contributed by atoms with E-state index in [1.807, 2.05) is 54.6 Å². The number of pyridine rings is 1. The fourth-order valence-corrected chi connectivity index (χ4v) is 4.00. The van der Waals surface area contributed by atoms with E-state index in [4.69, 9.17) is 24.1 Å². The highest BCUT2D eigenvalue weighted by atomic mass is 16.6. The number of fused-ring (bicyclic) bond motifs is 1. The summed E-state index contributed by atoms with van der Waals surface area (Å²) in [6.07, 6.45) is 2.96. The molecule has 3 aromatic rings. The highest BCUT2D eigenvalue weighted by molar-refractivity contribution is 5.98. The highest BCUT2D eigenvalue weighted by Crippen LogP contribution is 2.23. The molecule has 0 fully saturated rings. The van der Waals surface area contributed by atoms with E-state index in [9.17, 15) is 9.59 Å². The largest absolute Gasteiger partial charge is 0.444 e. The average molecular weight is 568 g/mol. The number of hydrogen-bond acceptors (Lipinski definition) is 8. The van der Waals surface area contributed by atoms with Crippen molar-refractivity contribution in [1.29, 1.82) is 0 Å². The van der Waals surface area contributed by atoms with Crippen molar-refractivity contribution in [3.05, 3.63) is 72.6 Å². The molecule has 1 aromatic heterocycles. The molecule has 0 spiro atoms. The molecule has 2 amide bonds. The SMILES string of the molecule is CC(C)(C)OC(=O)N(CCOCCOCCOCCO)C[C@@H](C(=O)Nc1ccc2cnccc2c1)c1ccccc1. The fraction of sp³-hybridized carbons (Fsp3) is 0.452. The van der Waals surface area contributed by atoms with E-state index in [-0.39, 0.29) is 38.8 Å². The van der Waals surface area contributed by atoms with Gasteiger partial charge in [0.05, 0.1) is 52.2 Å². The number of aromatic nitrogens is 1. The first-order chi connectivity index (χ1) is 19.8. The number of amides is 2. The molecule has 222 valence electrons. The van der Waals surface area contributed by atoms with Gasteiger partial charge < -0.3 is 34.3 Å². The number of carbonyl (C=O) groups excluding carboxylic acids is 2. The summed E-state index contributed by atoms with van der Waals surface area (Å²) in [6.45, 7) is 7.74. The number of ether oxygens (including phenoxy) is 4. The van der Waals surface area contributed by atoms with Gasteiger partial charge in [0.25, 0.3) is 0 Å². The summed E-state index contributed by atoms with van der Waals surface area (Å²) in [7, 11) is 0. The molecule has 2 N–H and O–H groups in total. The number of aliphatic hydroxyl groups excluding tert-OH is 1. The molecular weight excluding hydrogens is 526 g/mol. The van der Waals surface area contributed by atoms with Gasteiger partial charge in [0.2, 0.25) is 5.91 Å². The molecule has 10 heteroatoms. The first kappa shape index (κ1) is 32.0. The maximum Gasteiger partial charge on any atom is 0.410 e. The number of anilines is 1. The Hall–Kier alpha value is -3.57. The number of rotatable bonds is 16. The van der Waals surface area contributed by atoms with Crippen LogP contribution in [0.1, 0.15) is 32.3 Å². The lowest BCUT2D eigenvalue weighted by atomic mass is 9.97. The van der Waals surface area contributed by atoms with Crippen LogP contribution in [0.4, 0.5) is 10.5 Å². The van der Waals surface area contributed by atoms with Gasteiger partial charge in [-0.1, -0.05) is 36.4 Å². The van der Waals surface area contributed by atoms with Gasteiger partial charge in [-0.2, -0.15) is 0 Å². The van der Waals surface area contributed by atoms with Crippen molar-refractivity contribution in [1.82, 2.24) is 9.88 Å². The van der Waals surface area contributed by atoms with Crippen LogP contribution >= 0.6 is 0 Å². The minimum atomic E-state index is -0.702. The number of hydrogen-bond donors (Lipinski definition) is 2. The van der Waals surface area contributed by atoms with E-state index in [2.05, 4.69) is 10.3 Å². The van der Waals surface area contributed by atoms with Gasteiger partial charge in [-0.05, 0) is 49.9 Å². The molecule has 0 aliphatic rings. The number of nitrogens with zero attached hydrogens (tertiary/aromatic N) is 2. The predicted octanol–water partition coefficient (Wildman–Crippen LogP) is 4.24. The second-order valence-electron chi connectivity index (χ2n) is 10.4. The molecule has 0 saturated carbocycles. The molecule has 3 rings (SSSR count). The summed E-state index contributed by atoms with van der Waals surface area (Å²) in [5, 5.41) is 13.7. The minimum absolute atomic E-state index is 0.0224. The Labute approximate surface area is 241 Å². The third-order valence-corrected chi connectivity index (χ3v) is 5.97. The van der Waals surface area contributed by atoms with Gasteiger partial charge in [-0.15, -0.1) is 0 Å². The lowest BCUT2D eigenvalue weighted by Gasteiger charge is -2.30. The lowest BCUT2D eigenvalue weighted by Crippen LogP contribution is -2.43. The zero-order valence-corrected chi connectivity index (χ0v) is 24.1. The smallest absolute Gasteiger partial charge is 0.410 e.